The second kappa shape index (κ2) is 9.98. The molecule has 2 aromatic rings. The molecule has 0 aliphatic heterocycles. The van der Waals surface area contributed by atoms with Crippen LogP contribution in [-0.4, -0.2) is 45.0 Å². The highest BCUT2D eigenvalue weighted by Crippen LogP contribution is 2.17. The van der Waals surface area contributed by atoms with Crippen molar-refractivity contribution in [1.82, 2.24) is 20.8 Å². The predicted molar refractivity (Wildman–Crippen MR) is 102 cm³/mol. The van der Waals surface area contributed by atoms with Gasteiger partial charge >= 0.3 is 5.97 Å². The van der Waals surface area contributed by atoms with Gasteiger partial charge in [-0.3, -0.25) is 30.6 Å². The molecular formula is C16H16N6O6S. The Morgan fingerprint density at radius 2 is 2.07 bits per heavy atom. The smallest absolute Gasteiger partial charge is 0.343 e. The molecule has 152 valence electrons. The number of nitrogen functional groups attached to an aromatic ring is 1. The first kappa shape index (κ1) is 21.6. The van der Waals surface area contributed by atoms with Gasteiger partial charge in [-0.25, -0.2) is 14.8 Å². The summed E-state index contributed by atoms with van der Waals surface area (Å²) in [6.45, 7) is 1.83. The molecule has 1 aromatic carbocycles. The van der Waals surface area contributed by atoms with Crippen LogP contribution in [0.3, 0.4) is 0 Å². The number of amides is 2. The van der Waals surface area contributed by atoms with E-state index in [4.69, 9.17) is 10.5 Å². The van der Waals surface area contributed by atoms with Gasteiger partial charge in [-0.2, -0.15) is 0 Å². The first-order chi connectivity index (χ1) is 13.8. The number of carbonyl (C=O) groups is 3. The monoisotopic (exact) mass is 420 g/mol. The molecule has 0 unspecified atom stereocenters. The number of aromatic nitrogens is 2. The highest BCUT2D eigenvalue weighted by Gasteiger charge is 2.15. The SMILES string of the molecule is CCOC(=O)c1cnc(SCC(=O)NNC(=O)c2cccc([N+](=O)[O-])c2)nc1N. The van der Waals surface area contributed by atoms with E-state index in [2.05, 4.69) is 20.8 Å². The van der Waals surface area contributed by atoms with E-state index in [0.29, 0.717) is 0 Å². The zero-order chi connectivity index (χ0) is 21.4. The maximum Gasteiger partial charge on any atom is 0.343 e. The summed E-state index contributed by atoms with van der Waals surface area (Å²) in [5.41, 5.74) is 9.79. The third kappa shape index (κ3) is 6.14. The van der Waals surface area contributed by atoms with Gasteiger partial charge in [0.05, 0.1) is 17.3 Å². The van der Waals surface area contributed by atoms with Crippen molar-refractivity contribution in [1.29, 1.82) is 0 Å². The number of hydrogen-bond donors (Lipinski definition) is 3. The topological polar surface area (TPSA) is 179 Å². The lowest BCUT2D eigenvalue weighted by molar-refractivity contribution is -0.384. The summed E-state index contributed by atoms with van der Waals surface area (Å²) in [7, 11) is 0. The standard InChI is InChI=1S/C16H16N6O6S/c1-2-28-15(25)11-7-18-16(19-13(11)17)29-8-12(23)20-21-14(24)9-4-3-5-10(6-9)22(26)27/h3-7H,2,8H2,1H3,(H,20,23)(H,21,24)(H2,17,18,19). The van der Waals surface area contributed by atoms with Crippen LogP contribution in [-0.2, 0) is 9.53 Å². The summed E-state index contributed by atoms with van der Waals surface area (Å²) in [6, 6.07) is 5.04. The molecular weight excluding hydrogens is 404 g/mol. The van der Waals surface area contributed by atoms with Crippen LogP contribution in [0, 0.1) is 10.1 Å². The molecule has 0 aliphatic carbocycles. The molecule has 0 fully saturated rings. The lowest BCUT2D eigenvalue weighted by atomic mass is 10.2. The molecule has 2 amide bonds. The third-order valence-corrected chi connectivity index (χ3v) is 4.12. The second-order valence-electron chi connectivity index (χ2n) is 5.27. The normalized spacial score (nSPS) is 10.1. The van der Waals surface area contributed by atoms with Crippen molar-refractivity contribution in [3.8, 4) is 0 Å². The van der Waals surface area contributed by atoms with Crippen molar-refractivity contribution in [2.75, 3.05) is 18.1 Å². The van der Waals surface area contributed by atoms with Gasteiger partial charge in [0.25, 0.3) is 11.6 Å². The number of rotatable bonds is 7. The summed E-state index contributed by atoms with van der Waals surface area (Å²) in [5.74, 6) is -2.19. The number of nitro benzene ring substituents is 1. The molecule has 0 bridgehead atoms. The van der Waals surface area contributed by atoms with E-state index in [1.807, 2.05) is 0 Å². The number of hydrazine groups is 1. The minimum absolute atomic E-state index is 0.0119. The molecule has 0 spiro atoms. The number of benzene rings is 1. The number of non-ortho nitro benzene ring substituents is 1. The predicted octanol–water partition coefficient (Wildman–Crippen LogP) is 0.697. The molecule has 0 radical (unpaired) electrons. The van der Waals surface area contributed by atoms with Crippen LogP contribution in [0.4, 0.5) is 11.5 Å². The summed E-state index contributed by atoms with van der Waals surface area (Å²) >= 11 is 0.923. The lowest BCUT2D eigenvalue weighted by Crippen LogP contribution is -2.42. The van der Waals surface area contributed by atoms with E-state index in [1.165, 1.54) is 24.4 Å². The molecule has 1 heterocycles. The zero-order valence-electron chi connectivity index (χ0n) is 15.1. The average Bonchev–Trinajstić information content (AvgIpc) is 2.70. The van der Waals surface area contributed by atoms with Gasteiger partial charge in [0, 0.05) is 23.9 Å². The molecule has 0 saturated heterocycles. The van der Waals surface area contributed by atoms with Gasteiger partial charge in [0.15, 0.2) is 5.16 Å². The quantitative estimate of drug-likeness (QED) is 0.190. The Morgan fingerprint density at radius 3 is 2.72 bits per heavy atom. The number of nitro groups is 1. The number of ether oxygens (including phenoxy) is 1. The molecule has 2 rings (SSSR count). The Kier molecular flexibility index (Phi) is 7.42. The van der Waals surface area contributed by atoms with Crippen molar-refractivity contribution in [3.63, 3.8) is 0 Å². The Balaban J connectivity index is 1.86. The van der Waals surface area contributed by atoms with Crippen molar-refractivity contribution < 1.29 is 24.0 Å². The Bertz CT molecular complexity index is 953. The molecule has 4 N–H and O–H groups in total. The van der Waals surface area contributed by atoms with Crippen LogP contribution in [0.15, 0.2) is 35.6 Å². The maximum atomic E-state index is 12.0. The van der Waals surface area contributed by atoms with Crippen LogP contribution in [0.2, 0.25) is 0 Å². The first-order valence-corrected chi connectivity index (χ1v) is 9.06. The van der Waals surface area contributed by atoms with Gasteiger partial charge in [-0.15, -0.1) is 0 Å². The highest BCUT2D eigenvalue weighted by atomic mass is 32.2. The van der Waals surface area contributed by atoms with E-state index in [0.717, 1.165) is 17.8 Å². The minimum Gasteiger partial charge on any atom is -0.462 e. The zero-order valence-corrected chi connectivity index (χ0v) is 15.9. The van der Waals surface area contributed by atoms with Gasteiger partial charge in [0.2, 0.25) is 5.91 Å². The fraction of sp³-hybridized carbons (Fsp3) is 0.188. The fourth-order valence-corrected chi connectivity index (χ4v) is 2.56. The Hall–Kier alpha value is -3.74. The maximum absolute atomic E-state index is 12.0. The van der Waals surface area contributed by atoms with Gasteiger partial charge in [0.1, 0.15) is 11.4 Å². The van der Waals surface area contributed by atoms with E-state index >= 15 is 0 Å². The Labute approximate surface area is 168 Å². The van der Waals surface area contributed by atoms with Crippen LogP contribution in [0.5, 0.6) is 0 Å². The van der Waals surface area contributed by atoms with Crippen LogP contribution in [0.1, 0.15) is 27.6 Å². The third-order valence-electron chi connectivity index (χ3n) is 3.26. The first-order valence-electron chi connectivity index (χ1n) is 8.08. The number of esters is 1. The van der Waals surface area contributed by atoms with E-state index < -0.39 is 22.7 Å². The number of nitrogens with one attached hydrogen (secondary N) is 2. The number of thioether (sulfide) groups is 1. The second-order valence-corrected chi connectivity index (χ2v) is 6.21. The molecule has 12 nitrogen and oxygen atoms in total. The Morgan fingerprint density at radius 1 is 1.31 bits per heavy atom. The van der Waals surface area contributed by atoms with Gasteiger partial charge in [-0.05, 0) is 13.0 Å². The van der Waals surface area contributed by atoms with Crippen molar-refractivity contribution >= 4 is 41.1 Å². The molecule has 0 saturated carbocycles. The van der Waals surface area contributed by atoms with Crippen molar-refractivity contribution in [2.45, 2.75) is 12.1 Å². The number of nitrogens with zero attached hydrogens (tertiary/aromatic N) is 3. The number of nitrogens with two attached hydrogens (primary N) is 1. The van der Waals surface area contributed by atoms with E-state index in [-0.39, 0.29) is 40.1 Å². The van der Waals surface area contributed by atoms with Crippen LogP contribution in [0.25, 0.3) is 0 Å². The van der Waals surface area contributed by atoms with E-state index in [1.54, 1.807) is 6.92 Å². The number of anilines is 1. The summed E-state index contributed by atoms with van der Waals surface area (Å²) in [4.78, 5) is 53.4. The van der Waals surface area contributed by atoms with Crippen LogP contribution < -0.4 is 16.6 Å². The minimum atomic E-state index is -0.716. The summed E-state index contributed by atoms with van der Waals surface area (Å²) in [5, 5.41) is 10.9. The molecule has 29 heavy (non-hydrogen) atoms. The molecule has 0 atom stereocenters. The number of hydrogen-bond acceptors (Lipinski definition) is 10. The van der Waals surface area contributed by atoms with Crippen molar-refractivity contribution in [3.05, 3.63) is 51.7 Å². The fourth-order valence-electron chi connectivity index (χ4n) is 1.94. The van der Waals surface area contributed by atoms with Crippen LogP contribution >= 0.6 is 11.8 Å². The average molecular weight is 420 g/mol. The summed E-state index contributed by atoms with van der Waals surface area (Å²) in [6.07, 6.45) is 1.20. The molecule has 0 aliphatic rings. The highest BCUT2D eigenvalue weighted by molar-refractivity contribution is 7.99. The summed E-state index contributed by atoms with van der Waals surface area (Å²) < 4.78 is 4.81. The molecule has 1 aromatic heterocycles. The van der Waals surface area contributed by atoms with Crippen molar-refractivity contribution in [2.24, 2.45) is 0 Å². The van der Waals surface area contributed by atoms with E-state index in [9.17, 15) is 24.5 Å². The number of carbonyl (C=O) groups excluding carboxylic acids is 3. The largest absolute Gasteiger partial charge is 0.462 e. The molecule has 13 heteroatoms. The van der Waals surface area contributed by atoms with Gasteiger partial charge < -0.3 is 10.5 Å². The lowest BCUT2D eigenvalue weighted by Gasteiger charge is -2.08. The van der Waals surface area contributed by atoms with Gasteiger partial charge in [-0.1, -0.05) is 17.8 Å².